The summed E-state index contributed by atoms with van der Waals surface area (Å²) < 4.78 is 5.38. The van der Waals surface area contributed by atoms with Gasteiger partial charge in [0.15, 0.2) is 0 Å². The van der Waals surface area contributed by atoms with Gasteiger partial charge in [-0.1, -0.05) is 6.92 Å². The molecule has 0 radical (unpaired) electrons. The number of carbonyl (C=O) groups is 1. The second-order valence-corrected chi connectivity index (χ2v) is 3.02. The molecule has 4 heteroatoms. The number of hydrogen-bond acceptors (Lipinski definition) is 2. The molecule has 1 rings (SSSR count). The molecule has 1 fully saturated rings. The zero-order chi connectivity index (χ0) is 8.97. The maximum atomic E-state index is 10.4. The second kappa shape index (κ2) is 4.30. The van der Waals surface area contributed by atoms with Gasteiger partial charge in [-0.25, -0.2) is 4.79 Å². The predicted octanol–water partition coefficient (Wildman–Crippen LogP) is 1.21. The van der Waals surface area contributed by atoms with E-state index in [2.05, 4.69) is 5.32 Å². The number of rotatable bonds is 3. The van der Waals surface area contributed by atoms with Crippen LogP contribution in [-0.2, 0) is 4.74 Å². The quantitative estimate of drug-likeness (QED) is 0.674. The Morgan fingerprint density at radius 1 is 1.83 bits per heavy atom. The first-order valence-corrected chi connectivity index (χ1v) is 4.35. The Hall–Kier alpha value is -0.770. The van der Waals surface area contributed by atoms with Crippen molar-refractivity contribution in [1.29, 1.82) is 0 Å². The van der Waals surface area contributed by atoms with E-state index in [0.717, 1.165) is 25.9 Å². The molecular formula is C8H15NO3. The Labute approximate surface area is 71.9 Å². The molecule has 2 N–H and O–H groups in total. The van der Waals surface area contributed by atoms with Crippen molar-refractivity contribution in [3.8, 4) is 0 Å². The number of amides is 1. The van der Waals surface area contributed by atoms with Crippen LogP contribution in [0.1, 0.15) is 26.2 Å². The van der Waals surface area contributed by atoms with Crippen LogP contribution in [0, 0.1) is 0 Å². The topological polar surface area (TPSA) is 58.6 Å². The third kappa shape index (κ3) is 2.37. The van der Waals surface area contributed by atoms with Gasteiger partial charge in [0.2, 0.25) is 0 Å². The summed E-state index contributed by atoms with van der Waals surface area (Å²) in [6.45, 7) is 2.73. The summed E-state index contributed by atoms with van der Waals surface area (Å²) in [7, 11) is 0. The zero-order valence-electron chi connectivity index (χ0n) is 7.25. The molecule has 1 saturated heterocycles. The molecule has 4 nitrogen and oxygen atoms in total. The summed E-state index contributed by atoms with van der Waals surface area (Å²) in [5.74, 6) is 0. The summed E-state index contributed by atoms with van der Waals surface area (Å²) in [6.07, 6.45) is 1.93. The fraction of sp³-hybridized carbons (Fsp3) is 0.875. The molecule has 0 aromatic carbocycles. The van der Waals surface area contributed by atoms with Crippen molar-refractivity contribution >= 4 is 6.09 Å². The SMILES string of the molecule is CCC(NC(=O)O)C1CCCO1. The number of ether oxygens (including phenoxy) is 1. The van der Waals surface area contributed by atoms with Gasteiger partial charge < -0.3 is 15.2 Å². The van der Waals surface area contributed by atoms with E-state index in [0.29, 0.717) is 0 Å². The van der Waals surface area contributed by atoms with Gasteiger partial charge in [-0.3, -0.25) is 0 Å². The summed E-state index contributed by atoms with van der Waals surface area (Å²) in [5, 5.41) is 11.0. The minimum atomic E-state index is -0.961. The molecule has 0 bridgehead atoms. The Balaban J connectivity index is 2.37. The maximum Gasteiger partial charge on any atom is 0.404 e. The van der Waals surface area contributed by atoms with Crippen molar-refractivity contribution in [2.45, 2.75) is 38.3 Å². The van der Waals surface area contributed by atoms with Crippen LogP contribution in [0.3, 0.4) is 0 Å². The molecule has 2 atom stereocenters. The third-order valence-corrected chi connectivity index (χ3v) is 2.16. The maximum absolute atomic E-state index is 10.4. The summed E-state index contributed by atoms with van der Waals surface area (Å²) in [5.41, 5.74) is 0. The molecule has 0 spiro atoms. The Morgan fingerprint density at radius 2 is 2.58 bits per heavy atom. The van der Waals surface area contributed by atoms with Crippen molar-refractivity contribution in [3.05, 3.63) is 0 Å². The largest absolute Gasteiger partial charge is 0.465 e. The van der Waals surface area contributed by atoms with Crippen LogP contribution in [0.2, 0.25) is 0 Å². The van der Waals surface area contributed by atoms with Crippen molar-refractivity contribution in [2.24, 2.45) is 0 Å². The van der Waals surface area contributed by atoms with Gasteiger partial charge in [0.1, 0.15) is 0 Å². The monoisotopic (exact) mass is 173 g/mol. The molecule has 1 amide bonds. The molecule has 1 heterocycles. The molecule has 0 saturated carbocycles. The smallest absolute Gasteiger partial charge is 0.404 e. The van der Waals surface area contributed by atoms with E-state index in [1.54, 1.807) is 0 Å². The number of carboxylic acid groups (broad SMARTS) is 1. The molecule has 0 aromatic heterocycles. The van der Waals surface area contributed by atoms with Crippen LogP contribution in [-0.4, -0.2) is 30.0 Å². The highest BCUT2D eigenvalue weighted by Crippen LogP contribution is 2.17. The number of nitrogens with one attached hydrogen (secondary N) is 1. The van der Waals surface area contributed by atoms with Crippen molar-refractivity contribution in [3.63, 3.8) is 0 Å². The summed E-state index contributed by atoms with van der Waals surface area (Å²) in [6, 6.07) is -0.0370. The predicted molar refractivity (Wildman–Crippen MR) is 44.2 cm³/mol. The van der Waals surface area contributed by atoms with E-state index < -0.39 is 6.09 Å². The van der Waals surface area contributed by atoms with Gasteiger partial charge in [0.05, 0.1) is 12.1 Å². The minimum Gasteiger partial charge on any atom is -0.465 e. The van der Waals surface area contributed by atoms with Crippen molar-refractivity contribution in [2.75, 3.05) is 6.61 Å². The van der Waals surface area contributed by atoms with Crippen LogP contribution < -0.4 is 5.32 Å². The van der Waals surface area contributed by atoms with Gasteiger partial charge in [-0.15, -0.1) is 0 Å². The normalized spacial score (nSPS) is 25.2. The fourth-order valence-electron chi connectivity index (χ4n) is 1.54. The summed E-state index contributed by atoms with van der Waals surface area (Å²) >= 11 is 0. The minimum absolute atomic E-state index is 0.0370. The van der Waals surface area contributed by atoms with E-state index in [9.17, 15) is 4.79 Å². The lowest BCUT2D eigenvalue weighted by Gasteiger charge is -2.20. The second-order valence-electron chi connectivity index (χ2n) is 3.02. The molecule has 70 valence electrons. The first-order valence-electron chi connectivity index (χ1n) is 4.35. The van der Waals surface area contributed by atoms with Crippen molar-refractivity contribution < 1.29 is 14.6 Å². The lowest BCUT2D eigenvalue weighted by molar-refractivity contribution is 0.0757. The van der Waals surface area contributed by atoms with Gasteiger partial charge in [0.25, 0.3) is 0 Å². The molecule has 12 heavy (non-hydrogen) atoms. The van der Waals surface area contributed by atoms with E-state index in [-0.39, 0.29) is 12.1 Å². The first-order chi connectivity index (χ1) is 5.74. The number of hydrogen-bond donors (Lipinski definition) is 2. The Kier molecular flexibility index (Phi) is 3.34. The van der Waals surface area contributed by atoms with Crippen LogP contribution in [0.25, 0.3) is 0 Å². The molecule has 2 unspecified atom stereocenters. The van der Waals surface area contributed by atoms with E-state index >= 15 is 0 Å². The Bertz CT molecular complexity index is 154. The van der Waals surface area contributed by atoms with Crippen LogP contribution in [0.15, 0.2) is 0 Å². The van der Waals surface area contributed by atoms with Crippen LogP contribution in [0.4, 0.5) is 4.79 Å². The van der Waals surface area contributed by atoms with Gasteiger partial charge in [-0.2, -0.15) is 0 Å². The van der Waals surface area contributed by atoms with E-state index in [1.165, 1.54) is 0 Å². The molecular weight excluding hydrogens is 158 g/mol. The van der Waals surface area contributed by atoms with Crippen molar-refractivity contribution in [1.82, 2.24) is 5.32 Å². The highest BCUT2D eigenvalue weighted by molar-refractivity contribution is 5.64. The highest BCUT2D eigenvalue weighted by atomic mass is 16.5. The zero-order valence-corrected chi connectivity index (χ0v) is 7.25. The standard InChI is InChI=1S/C8H15NO3/c1-2-6(9-8(10)11)7-4-3-5-12-7/h6-7,9H,2-5H2,1H3,(H,10,11). The average Bonchev–Trinajstić information content (AvgIpc) is 2.51. The van der Waals surface area contributed by atoms with Crippen LogP contribution in [0.5, 0.6) is 0 Å². The summed E-state index contributed by atoms with van der Waals surface area (Å²) in [4.78, 5) is 10.4. The fourth-order valence-corrected chi connectivity index (χ4v) is 1.54. The third-order valence-electron chi connectivity index (χ3n) is 2.16. The van der Waals surface area contributed by atoms with E-state index in [4.69, 9.17) is 9.84 Å². The first kappa shape index (κ1) is 9.32. The Morgan fingerprint density at radius 3 is 3.00 bits per heavy atom. The van der Waals surface area contributed by atoms with Crippen LogP contribution >= 0.6 is 0 Å². The van der Waals surface area contributed by atoms with Gasteiger partial charge in [-0.05, 0) is 19.3 Å². The highest BCUT2D eigenvalue weighted by Gasteiger charge is 2.25. The van der Waals surface area contributed by atoms with Gasteiger partial charge >= 0.3 is 6.09 Å². The lowest BCUT2D eigenvalue weighted by Crippen LogP contribution is -2.41. The molecule has 1 aliphatic rings. The molecule has 0 aliphatic carbocycles. The molecule has 1 aliphatic heterocycles. The lowest BCUT2D eigenvalue weighted by atomic mass is 10.1. The molecule has 0 aromatic rings. The van der Waals surface area contributed by atoms with E-state index in [1.807, 2.05) is 6.92 Å². The van der Waals surface area contributed by atoms with Gasteiger partial charge in [0, 0.05) is 6.61 Å². The average molecular weight is 173 g/mol.